The third kappa shape index (κ3) is 44.3. The zero-order chi connectivity index (χ0) is 45.6. The van der Waals surface area contributed by atoms with Crippen LogP contribution in [0.3, 0.4) is 0 Å². The van der Waals surface area contributed by atoms with Gasteiger partial charge in [-0.3, -0.25) is 9.59 Å². The predicted molar refractivity (Wildman–Crippen MR) is 255 cm³/mol. The van der Waals surface area contributed by atoms with E-state index in [2.05, 4.69) is 111 Å². The summed E-state index contributed by atoms with van der Waals surface area (Å²) < 4.78 is 22.5. The summed E-state index contributed by atoms with van der Waals surface area (Å²) in [4.78, 5) is 37.0. The van der Waals surface area contributed by atoms with E-state index >= 15 is 0 Å². The third-order valence-electron chi connectivity index (χ3n) is 9.57. The van der Waals surface area contributed by atoms with Gasteiger partial charge in [0, 0.05) is 12.8 Å². The summed E-state index contributed by atoms with van der Waals surface area (Å²) in [5.41, 5.74) is 0. The Labute approximate surface area is 378 Å². The van der Waals surface area contributed by atoms with Crippen LogP contribution < -0.4 is 5.11 Å². The largest absolute Gasteiger partial charge is 0.545 e. The molecule has 0 radical (unpaired) electrons. The maximum absolute atomic E-state index is 12.8. The fourth-order valence-electron chi connectivity index (χ4n) is 5.85. The molecule has 62 heavy (non-hydrogen) atoms. The van der Waals surface area contributed by atoms with Crippen molar-refractivity contribution in [1.82, 2.24) is 0 Å². The molecule has 0 aromatic carbocycles. The van der Waals surface area contributed by atoms with Crippen molar-refractivity contribution >= 4 is 17.9 Å². The van der Waals surface area contributed by atoms with Gasteiger partial charge in [-0.05, 0) is 89.9 Å². The molecule has 9 heteroatoms. The summed E-state index contributed by atoms with van der Waals surface area (Å²) in [6, 6.07) is 0. The smallest absolute Gasteiger partial charge is 0.306 e. The monoisotopic (exact) mass is 866 g/mol. The Kier molecular flexibility index (Phi) is 41.2. The van der Waals surface area contributed by atoms with E-state index < -0.39 is 24.3 Å². The fourth-order valence-corrected chi connectivity index (χ4v) is 5.85. The number of unbranched alkanes of at least 4 members (excludes halogenated alkanes) is 11. The number of carbonyl (C=O) groups is 3. The molecule has 0 aromatic heterocycles. The van der Waals surface area contributed by atoms with E-state index in [1.807, 2.05) is 21.1 Å². The number of carboxylic acids is 1. The Morgan fingerprint density at radius 2 is 0.919 bits per heavy atom. The molecule has 2 atom stereocenters. The molecule has 0 spiro atoms. The summed E-state index contributed by atoms with van der Waals surface area (Å²) in [5, 5.41) is 11.7. The molecule has 2 unspecified atom stereocenters. The van der Waals surface area contributed by atoms with Gasteiger partial charge in [0.2, 0.25) is 0 Å². The molecule has 0 aliphatic rings. The molecule has 0 bridgehead atoms. The van der Waals surface area contributed by atoms with Crippen LogP contribution >= 0.6 is 0 Å². The van der Waals surface area contributed by atoms with E-state index in [9.17, 15) is 19.5 Å². The lowest BCUT2D eigenvalue weighted by Crippen LogP contribution is -2.44. The molecule has 0 saturated carbocycles. The number of hydrogen-bond donors (Lipinski definition) is 0. The highest BCUT2D eigenvalue weighted by Gasteiger charge is 2.21. The number of nitrogens with zero attached hydrogens (tertiary/aromatic N) is 1. The number of allylic oxidation sites excluding steroid dienone is 16. The number of likely N-dealkylation sites (N-methyl/N-ethyl adjacent to an activating group) is 1. The van der Waals surface area contributed by atoms with Crippen molar-refractivity contribution in [2.75, 3.05) is 47.5 Å². The van der Waals surface area contributed by atoms with E-state index in [0.29, 0.717) is 23.9 Å². The third-order valence-corrected chi connectivity index (χ3v) is 9.57. The van der Waals surface area contributed by atoms with Gasteiger partial charge in [0.05, 0.1) is 40.3 Å². The first-order valence-corrected chi connectivity index (χ1v) is 23.9. The molecule has 0 heterocycles. The fraction of sp³-hybridized carbons (Fsp3) is 0.642. The highest BCUT2D eigenvalue weighted by Crippen LogP contribution is 2.12. The average Bonchev–Trinajstić information content (AvgIpc) is 3.23. The lowest BCUT2D eigenvalue weighted by molar-refractivity contribution is -0.870. The van der Waals surface area contributed by atoms with Crippen molar-refractivity contribution < 1.29 is 42.9 Å². The number of hydrogen-bond acceptors (Lipinski definition) is 8. The van der Waals surface area contributed by atoms with Gasteiger partial charge in [-0.1, -0.05) is 156 Å². The Hall–Kier alpha value is -3.79. The summed E-state index contributed by atoms with van der Waals surface area (Å²) in [6.45, 7) is 4.51. The van der Waals surface area contributed by atoms with Gasteiger partial charge >= 0.3 is 11.9 Å². The topological polar surface area (TPSA) is 111 Å². The number of esters is 2. The second-order valence-corrected chi connectivity index (χ2v) is 16.7. The first-order chi connectivity index (χ1) is 30.1. The Bertz CT molecular complexity index is 1330. The predicted octanol–water partition coefficient (Wildman–Crippen LogP) is 11.7. The Morgan fingerprint density at radius 1 is 0.500 bits per heavy atom. The molecule has 0 amide bonds. The molecule has 352 valence electrons. The van der Waals surface area contributed by atoms with Gasteiger partial charge < -0.3 is 33.3 Å². The summed E-state index contributed by atoms with van der Waals surface area (Å²) in [7, 11) is 5.88. The van der Waals surface area contributed by atoms with Gasteiger partial charge in [-0.15, -0.1) is 0 Å². The summed E-state index contributed by atoms with van der Waals surface area (Å²) in [6.07, 6.45) is 54.4. The minimum Gasteiger partial charge on any atom is -0.545 e. The lowest BCUT2D eigenvalue weighted by atomic mass is 10.1. The van der Waals surface area contributed by atoms with Gasteiger partial charge in [0.25, 0.3) is 0 Å². The number of carbonyl (C=O) groups excluding carboxylic acids is 3. The Balaban J connectivity index is 4.48. The molecular formula is C53H87NO8. The summed E-state index contributed by atoms with van der Waals surface area (Å²) in [5.74, 6) is -2.35. The van der Waals surface area contributed by atoms with Crippen molar-refractivity contribution in [2.24, 2.45) is 0 Å². The first kappa shape index (κ1) is 58.2. The quantitative estimate of drug-likeness (QED) is 0.0196. The molecule has 0 rings (SSSR count). The second-order valence-electron chi connectivity index (χ2n) is 16.7. The van der Waals surface area contributed by atoms with E-state index in [4.69, 9.17) is 18.9 Å². The maximum Gasteiger partial charge on any atom is 0.306 e. The van der Waals surface area contributed by atoms with Crippen LogP contribution in [-0.2, 0) is 33.3 Å². The number of carboxylic acid groups (broad SMARTS) is 1. The van der Waals surface area contributed by atoms with Crippen LogP contribution in [0.1, 0.15) is 162 Å². The van der Waals surface area contributed by atoms with Crippen molar-refractivity contribution in [3.63, 3.8) is 0 Å². The summed E-state index contributed by atoms with van der Waals surface area (Å²) >= 11 is 0. The van der Waals surface area contributed by atoms with Crippen LogP contribution in [0, 0.1) is 0 Å². The molecule has 9 nitrogen and oxygen atoms in total. The normalized spacial score (nSPS) is 13.8. The van der Waals surface area contributed by atoms with Crippen molar-refractivity contribution in [1.29, 1.82) is 0 Å². The van der Waals surface area contributed by atoms with Crippen LogP contribution in [0.25, 0.3) is 0 Å². The SMILES string of the molecule is CC/C=C\C/C=C\C/C=C\C/C=C\C/C=C\C/C=C\CCCCCCC(=O)OC(COC(=O)CCCCCCC/C=C\C/C=C\CCCC)COC(OCC[N+](C)(C)C)C(=O)[O-]. The highest BCUT2D eigenvalue weighted by atomic mass is 16.7. The number of rotatable bonds is 42. The van der Waals surface area contributed by atoms with Crippen LogP contribution in [0.5, 0.6) is 0 Å². The minimum absolute atomic E-state index is 0.134. The van der Waals surface area contributed by atoms with Gasteiger partial charge in [0.1, 0.15) is 13.2 Å². The molecule has 0 saturated heterocycles. The average molecular weight is 866 g/mol. The van der Waals surface area contributed by atoms with E-state index in [1.54, 1.807) is 0 Å². The molecule has 0 aliphatic heterocycles. The lowest BCUT2D eigenvalue weighted by Gasteiger charge is -2.26. The first-order valence-electron chi connectivity index (χ1n) is 23.9. The molecular weight excluding hydrogens is 779 g/mol. The van der Waals surface area contributed by atoms with Crippen LogP contribution in [0.15, 0.2) is 97.2 Å². The zero-order valence-electron chi connectivity index (χ0n) is 39.7. The second kappa shape index (κ2) is 43.8. The van der Waals surface area contributed by atoms with E-state index in [0.717, 1.165) is 109 Å². The van der Waals surface area contributed by atoms with Gasteiger partial charge in [-0.2, -0.15) is 0 Å². The maximum atomic E-state index is 12.8. The van der Waals surface area contributed by atoms with Crippen molar-refractivity contribution in [3.05, 3.63) is 97.2 Å². The molecule has 0 fully saturated rings. The molecule has 0 N–H and O–H groups in total. The molecule has 0 aromatic rings. The number of ether oxygens (including phenoxy) is 4. The van der Waals surface area contributed by atoms with Crippen LogP contribution in [0.4, 0.5) is 0 Å². The minimum atomic E-state index is -1.64. The zero-order valence-corrected chi connectivity index (χ0v) is 39.7. The van der Waals surface area contributed by atoms with Crippen molar-refractivity contribution in [3.8, 4) is 0 Å². The van der Waals surface area contributed by atoms with Crippen LogP contribution in [0.2, 0.25) is 0 Å². The van der Waals surface area contributed by atoms with Gasteiger partial charge in [-0.25, -0.2) is 0 Å². The Morgan fingerprint density at radius 3 is 1.37 bits per heavy atom. The van der Waals surface area contributed by atoms with E-state index in [-0.39, 0.29) is 38.6 Å². The van der Waals surface area contributed by atoms with Crippen LogP contribution in [-0.4, -0.2) is 82.3 Å². The standard InChI is InChI=1S/C53H87NO8/c1-6-8-10-12-14-16-18-20-22-23-24-25-26-27-28-29-30-32-34-36-38-40-42-44-51(56)62-49(48-61-53(52(57)58)59-46-45-54(3,4)5)47-60-50(55)43-41-39-37-35-33-31-21-19-17-15-13-11-9-7-2/h8,10,13-16,19-22,24-25,27-28,30,32,49,53H,6-7,9,11-12,17-18,23,26,29,31,33-48H2,1-5H3/b10-8-,15-13-,16-14-,21-19-,22-20-,25-24-,28-27-,32-30-. The van der Waals surface area contributed by atoms with Gasteiger partial charge in [0.15, 0.2) is 12.4 Å². The van der Waals surface area contributed by atoms with Crippen molar-refractivity contribution in [2.45, 2.75) is 174 Å². The number of quaternary nitrogens is 1. The highest BCUT2D eigenvalue weighted by molar-refractivity contribution is 5.70. The van der Waals surface area contributed by atoms with E-state index in [1.165, 1.54) is 12.8 Å². The number of aliphatic carboxylic acids is 1. The molecule has 0 aliphatic carbocycles.